The lowest BCUT2D eigenvalue weighted by molar-refractivity contribution is 0.102. The maximum atomic E-state index is 12.1. The van der Waals surface area contributed by atoms with Crippen molar-refractivity contribution in [2.45, 2.75) is 13.0 Å². The number of benzene rings is 1. The second kappa shape index (κ2) is 4.81. The lowest BCUT2D eigenvalue weighted by Crippen LogP contribution is -2.24. The third-order valence-corrected chi connectivity index (χ3v) is 3.29. The molecular weight excluding hydrogens is 242 g/mol. The number of aryl methyl sites for hydroxylation is 1. The largest absolute Gasteiger partial charge is 0.312 e. The van der Waals surface area contributed by atoms with Crippen molar-refractivity contribution >= 4 is 11.9 Å². The normalized spacial score (nSPS) is 13.9. The predicted octanol–water partition coefficient (Wildman–Crippen LogP) is 0.713. The van der Waals surface area contributed by atoms with Gasteiger partial charge >= 0.3 is 0 Å². The van der Waals surface area contributed by atoms with Crippen LogP contribution in [0, 0.1) is 0 Å². The van der Waals surface area contributed by atoms with Gasteiger partial charge in [-0.3, -0.25) is 10.1 Å². The van der Waals surface area contributed by atoms with Crippen LogP contribution in [0.5, 0.6) is 0 Å². The summed E-state index contributed by atoms with van der Waals surface area (Å²) in [5.74, 6) is 0.283. The summed E-state index contributed by atoms with van der Waals surface area (Å²) in [4.78, 5) is 16.1. The lowest BCUT2D eigenvalue weighted by Gasteiger charge is -2.17. The predicted molar refractivity (Wildman–Crippen MR) is 70.8 cm³/mol. The molecule has 0 unspecified atom stereocenters. The van der Waals surface area contributed by atoms with E-state index in [1.54, 1.807) is 7.05 Å². The second-order valence-electron chi connectivity index (χ2n) is 4.57. The highest BCUT2D eigenvalue weighted by molar-refractivity contribution is 6.03. The van der Waals surface area contributed by atoms with E-state index in [1.807, 2.05) is 18.2 Å². The molecule has 0 atom stereocenters. The number of rotatable bonds is 2. The summed E-state index contributed by atoms with van der Waals surface area (Å²) in [6, 6.07) is 5.82. The zero-order valence-electron chi connectivity index (χ0n) is 10.7. The van der Waals surface area contributed by atoms with Crippen LogP contribution in [0.2, 0.25) is 0 Å². The minimum absolute atomic E-state index is 0.163. The molecule has 0 bridgehead atoms. The highest BCUT2D eigenvalue weighted by Gasteiger charge is 2.13. The Kier molecular flexibility index (Phi) is 3.00. The Morgan fingerprint density at radius 1 is 1.42 bits per heavy atom. The van der Waals surface area contributed by atoms with Gasteiger partial charge in [-0.15, -0.1) is 0 Å². The molecule has 2 aromatic rings. The van der Waals surface area contributed by atoms with Crippen LogP contribution < -0.4 is 10.6 Å². The van der Waals surface area contributed by atoms with Crippen LogP contribution in [-0.2, 0) is 20.0 Å². The molecule has 1 aliphatic rings. The molecule has 3 rings (SSSR count). The van der Waals surface area contributed by atoms with Crippen LogP contribution in [0.3, 0.4) is 0 Å². The molecule has 0 aliphatic carbocycles. The molecule has 2 heterocycles. The van der Waals surface area contributed by atoms with Crippen molar-refractivity contribution in [1.82, 2.24) is 20.1 Å². The minimum Gasteiger partial charge on any atom is -0.312 e. The van der Waals surface area contributed by atoms with Crippen LogP contribution in [0.4, 0.5) is 5.95 Å². The highest BCUT2D eigenvalue weighted by Crippen LogP contribution is 2.16. The van der Waals surface area contributed by atoms with E-state index in [2.05, 4.69) is 20.7 Å². The van der Waals surface area contributed by atoms with Gasteiger partial charge in [-0.25, -0.2) is 4.68 Å². The first-order chi connectivity index (χ1) is 9.24. The van der Waals surface area contributed by atoms with Crippen molar-refractivity contribution in [3.63, 3.8) is 0 Å². The quantitative estimate of drug-likeness (QED) is 0.831. The van der Waals surface area contributed by atoms with E-state index in [4.69, 9.17) is 0 Å². The number of hydrogen-bond donors (Lipinski definition) is 2. The summed E-state index contributed by atoms with van der Waals surface area (Å²) in [6.45, 7) is 1.82. The lowest BCUT2D eigenvalue weighted by atomic mass is 9.98. The van der Waals surface area contributed by atoms with E-state index in [1.165, 1.54) is 22.1 Å². The SMILES string of the molecule is Cn1ncnc1NC(=O)c1ccc2c(c1)CNCC2. The van der Waals surface area contributed by atoms with Crippen molar-refractivity contribution in [2.75, 3.05) is 11.9 Å². The number of anilines is 1. The number of aromatic nitrogens is 3. The minimum atomic E-state index is -0.163. The number of carbonyl (C=O) groups is 1. The number of hydrogen-bond acceptors (Lipinski definition) is 4. The maximum absolute atomic E-state index is 12.1. The molecule has 1 aliphatic heterocycles. The standard InChI is InChI=1S/C13H15N5O/c1-18-13(15-8-16-18)17-12(19)10-3-2-9-4-5-14-7-11(9)6-10/h2-3,6,8,14H,4-5,7H2,1H3,(H,15,16,17,19). The molecule has 6 nitrogen and oxygen atoms in total. The van der Waals surface area contributed by atoms with Gasteiger partial charge in [0.05, 0.1) is 0 Å². The molecular formula is C13H15N5O. The van der Waals surface area contributed by atoms with Crippen LogP contribution in [0.25, 0.3) is 0 Å². The molecule has 0 fully saturated rings. The van der Waals surface area contributed by atoms with Gasteiger partial charge in [0.15, 0.2) is 0 Å². The van der Waals surface area contributed by atoms with Crippen molar-refractivity contribution < 1.29 is 4.79 Å². The molecule has 2 N–H and O–H groups in total. The Labute approximate surface area is 110 Å². The van der Waals surface area contributed by atoms with Crippen LogP contribution >= 0.6 is 0 Å². The van der Waals surface area contributed by atoms with Gasteiger partial charge in [-0.05, 0) is 36.2 Å². The number of nitrogens with one attached hydrogen (secondary N) is 2. The van der Waals surface area contributed by atoms with Gasteiger partial charge in [-0.2, -0.15) is 10.1 Å². The zero-order valence-corrected chi connectivity index (χ0v) is 10.7. The van der Waals surface area contributed by atoms with E-state index in [-0.39, 0.29) is 5.91 Å². The molecule has 0 saturated heterocycles. The average Bonchev–Trinajstić information content (AvgIpc) is 2.84. The van der Waals surface area contributed by atoms with Crippen LogP contribution in [0.15, 0.2) is 24.5 Å². The summed E-state index contributed by atoms with van der Waals surface area (Å²) in [7, 11) is 1.74. The van der Waals surface area contributed by atoms with Crippen molar-refractivity contribution in [3.05, 3.63) is 41.2 Å². The summed E-state index contributed by atoms with van der Waals surface area (Å²) in [5, 5.41) is 9.96. The fourth-order valence-electron chi connectivity index (χ4n) is 2.20. The molecule has 0 spiro atoms. The van der Waals surface area contributed by atoms with Crippen molar-refractivity contribution in [3.8, 4) is 0 Å². The van der Waals surface area contributed by atoms with Gasteiger partial charge in [0.2, 0.25) is 5.95 Å². The van der Waals surface area contributed by atoms with Gasteiger partial charge in [0.1, 0.15) is 6.33 Å². The van der Waals surface area contributed by atoms with Gasteiger partial charge in [0.25, 0.3) is 5.91 Å². The number of carbonyl (C=O) groups excluding carboxylic acids is 1. The molecule has 19 heavy (non-hydrogen) atoms. The summed E-state index contributed by atoms with van der Waals surface area (Å²) < 4.78 is 1.53. The Hall–Kier alpha value is -2.21. The number of amides is 1. The summed E-state index contributed by atoms with van der Waals surface area (Å²) >= 11 is 0. The maximum Gasteiger partial charge on any atom is 0.258 e. The Morgan fingerprint density at radius 2 is 2.32 bits per heavy atom. The first-order valence-electron chi connectivity index (χ1n) is 6.22. The Balaban J connectivity index is 1.82. The second-order valence-corrected chi connectivity index (χ2v) is 4.57. The first kappa shape index (κ1) is 11.9. The Bertz CT molecular complexity index is 619. The summed E-state index contributed by atoms with van der Waals surface area (Å²) in [6.07, 6.45) is 2.42. The van der Waals surface area contributed by atoms with Crippen molar-refractivity contribution in [1.29, 1.82) is 0 Å². The third-order valence-electron chi connectivity index (χ3n) is 3.29. The van der Waals surface area contributed by atoms with E-state index >= 15 is 0 Å². The van der Waals surface area contributed by atoms with Crippen molar-refractivity contribution in [2.24, 2.45) is 7.05 Å². The fraction of sp³-hybridized carbons (Fsp3) is 0.308. The smallest absolute Gasteiger partial charge is 0.258 e. The fourth-order valence-corrected chi connectivity index (χ4v) is 2.20. The highest BCUT2D eigenvalue weighted by atomic mass is 16.1. The molecule has 1 aromatic heterocycles. The van der Waals surface area contributed by atoms with Gasteiger partial charge in [-0.1, -0.05) is 6.07 Å². The number of nitrogens with zero attached hydrogens (tertiary/aromatic N) is 3. The van der Waals surface area contributed by atoms with Gasteiger partial charge in [0, 0.05) is 19.2 Å². The van der Waals surface area contributed by atoms with E-state index < -0.39 is 0 Å². The molecule has 1 aromatic carbocycles. The molecule has 98 valence electrons. The molecule has 0 radical (unpaired) electrons. The monoisotopic (exact) mass is 257 g/mol. The van der Waals surface area contributed by atoms with E-state index in [0.717, 1.165) is 19.5 Å². The summed E-state index contributed by atoms with van der Waals surface area (Å²) in [5.41, 5.74) is 3.15. The van der Waals surface area contributed by atoms with Crippen LogP contribution in [0.1, 0.15) is 21.5 Å². The van der Waals surface area contributed by atoms with E-state index in [9.17, 15) is 4.79 Å². The van der Waals surface area contributed by atoms with Gasteiger partial charge < -0.3 is 5.32 Å². The molecule has 6 heteroatoms. The Morgan fingerprint density at radius 3 is 3.11 bits per heavy atom. The number of fused-ring (bicyclic) bond motifs is 1. The first-order valence-corrected chi connectivity index (χ1v) is 6.22. The zero-order chi connectivity index (χ0) is 13.2. The average molecular weight is 257 g/mol. The third kappa shape index (κ3) is 2.34. The molecule has 1 amide bonds. The topological polar surface area (TPSA) is 71.8 Å². The molecule has 0 saturated carbocycles. The van der Waals surface area contributed by atoms with Crippen LogP contribution in [-0.4, -0.2) is 27.2 Å². The van der Waals surface area contributed by atoms with E-state index in [0.29, 0.717) is 11.5 Å².